The summed E-state index contributed by atoms with van der Waals surface area (Å²) < 4.78 is 71.3. The van der Waals surface area contributed by atoms with Gasteiger partial charge in [-0.15, -0.1) is 53.1 Å². The van der Waals surface area contributed by atoms with E-state index >= 15 is 0 Å². The number of rotatable bonds is 5. The Morgan fingerprint density at radius 2 is 1.60 bits per heavy atom. The Hall–Kier alpha value is -3.80. The number of thiophene rings is 1. The fourth-order valence-electron chi connectivity index (χ4n) is 5.56. The van der Waals surface area contributed by atoms with E-state index in [1.165, 1.54) is 28.7 Å². The molecule has 0 bridgehead atoms. The number of aryl methyl sites for hydroxylation is 2. The number of nitrogens with zero attached hydrogens (tertiary/aromatic N) is 2. The summed E-state index contributed by atoms with van der Waals surface area (Å²) in [5.41, 5.74) is 5.37. The molecule has 0 amide bonds. The van der Waals surface area contributed by atoms with E-state index in [9.17, 15) is 4.39 Å². The van der Waals surface area contributed by atoms with E-state index in [0.717, 1.165) is 32.5 Å². The van der Waals surface area contributed by atoms with E-state index in [0.29, 0.717) is 26.9 Å². The molecule has 0 saturated carbocycles. The SMILES string of the molecule is [2H]C([2H])([2H])c1c[c-]c(-c2cc(C([2H])(C)C)c([Si](C)(C)C)cn2)cc1.[2H]C([2H])([2H])c1cc(-c2[c-]cc(F)c3c2sc2ccccc23)ncc1-c1ccccc1.[Ir]. The summed E-state index contributed by atoms with van der Waals surface area (Å²) in [6, 6.07) is 32.7. The van der Waals surface area contributed by atoms with Crippen molar-refractivity contribution in [3.8, 4) is 33.6 Å². The topological polar surface area (TPSA) is 25.8 Å². The Morgan fingerprint density at radius 3 is 2.29 bits per heavy atom. The van der Waals surface area contributed by atoms with E-state index < -0.39 is 27.7 Å². The van der Waals surface area contributed by atoms with Crippen LogP contribution in [-0.2, 0) is 20.1 Å². The monoisotopic (exact) mass is 850 g/mol. The largest absolute Gasteiger partial charge is 0.305 e. The minimum Gasteiger partial charge on any atom is -0.305 e. The molecule has 2 nitrogen and oxygen atoms in total. The molecule has 1 radical (unpaired) electrons. The van der Waals surface area contributed by atoms with Crippen LogP contribution in [0.3, 0.4) is 0 Å². The zero-order valence-corrected chi connectivity index (χ0v) is 31.5. The van der Waals surface area contributed by atoms with E-state index in [1.807, 2.05) is 80.7 Å². The van der Waals surface area contributed by atoms with Crippen molar-refractivity contribution in [1.82, 2.24) is 9.97 Å². The fourth-order valence-corrected chi connectivity index (χ4v) is 8.36. The van der Waals surface area contributed by atoms with Crippen molar-refractivity contribution < 1.29 is 34.1 Å². The van der Waals surface area contributed by atoms with Gasteiger partial charge in [-0.1, -0.05) is 107 Å². The van der Waals surface area contributed by atoms with Gasteiger partial charge in [-0.25, -0.2) is 0 Å². The first-order valence-corrected chi connectivity index (χ1v) is 19.7. The molecule has 7 rings (SSSR count). The Bertz CT molecular complexity index is 2450. The van der Waals surface area contributed by atoms with E-state index in [2.05, 4.69) is 41.7 Å². The minimum absolute atomic E-state index is 0. The third-order valence-corrected chi connectivity index (χ3v) is 11.2. The van der Waals surface area contributed by atoms with E-state index in [1.54, 1.807) is 24.4 Å². The van der Waals surface area contributed by atoms with E-state index in [4.69, 9.17) is 9.60 Å². The molecule has 0 N–H and O–H groups in total. The molecule has 0 aliphatic heterocycles. The van der Waals surface area contributed by atoms with Crippen LogP contribution in [0.25, 0.3) is 53.8 Å². The number of benzene rings is 4. The minimum atomic E-state index is -2.32. The number of aromatic nitrogens is 2. The third-order valence-electron chi connectivity index (χ3n) is 7.99. The number of hydrogen-bond acceptors (Lipinski definition) is 3. The number of fused-ring (bicyclic) bond motifs is 3. The van der Waals surface area contributed by atoms with Crippen molar-refractivity contribution in [2.75, 3.05) is 0 Å². The molecular formula is C42H39FIrN2SSi-2. The molecule has 6 heteroatoms. The van der Waals surface area contributed by atoms with Crippen molar-refractivity contribution in [2.24, 2.45) is 0 Å². The van der Waals surface area contributed by atoms with Gasteiger partial charge in [0.2, 0.25) is 0 Å². The van der Waals surface area contributed by atoms with Crippen LogP contribution >= 0.6 is 11.3 Å². The van der Waals surface area contributed by atoms with Crippen molar-refractivity contribution in [3.05, 3.63) is 138 Å². The summed E-state index contributed by atoms with van der Waals surface area (Å²) in [7, 11) is -1.61. The van der Waals surface area contributed by atoms with Gasteiger partial charge < -0.3 is 9.97 Å². The van der Waals surface area contributed by atoms with Crippen LogP contribution in [-0.4, -0.2) is 18.0 Å². The molecule has 7 aromatic rings. The molecule has 0 saturated heterocycles. The van der Waals surface area contributed by atoms with Gasteiger partial charge in [-0.3, -0.25) is 4.39 Å². The van der Waals surface area contributed by atoms with Crippen LogP contribution in [0.5, 0.6) is 0 Å². The van der Waals surface area contributed by atoms with Gasteiger partial charge >= 0.3 is 0 Å². The summed E-state index contributed by atoms with van der Waals surface area (Å²) in [6.07, 6.45) is 3.47. The number of hydrogen-bond donors (Lipinski definition) is 0. The first kappa shape index (κ1) is 27.1. The van der Waals surface area contributed by atoms with Crippen molar-refractivity contribution in [1.29, 1.82) is 0 Å². The van der Waals surface area contributed by atoms with Gasteiger partial charge in [0.1, 0.15) is 0 Å². The molecule has 3 aromatic heterocycles. The molecule has 0 unspecified atom stereocenters. The fraction of sp³-hybridized carbons (Fsp3) is 0.190. The molecule has 48 heavy (non-hydrogen) atoms. The van der Waals surface area contributed by atoms with Gasteiger partial charge in [0, 0.05) is 58.2 Å². The van der Waals surface area contributed by atoms with Crippen molar-refractivity contribution in [2.45, 2.75) is 53.1 Å². The van der Waals surface area contributed by atoms with Gasteiger partial charge in [0.05, 0.1) is 8.07 Å². The predicted molar refractivity (Wildman–Crippen MR) is 202 cm³/mol. The van der Waals surface area contributed by atoms with Crippen molar-refractivity contribution >= 4 is 44.8 Å². The van der Waals surface area contributed by atoms with Crippen LogP contribution in [0, 0.1) is 31.7 Å². The summed E-state index contributed by atoms with van der Waals surface area (Å²) in [4.78, 5) is 9.11. The first-order valence-electron chi connectivity index (χ1n) is 18.8. The predicted octanol–water partition coefficient (Wildman–Crippen LogP) is 11.6. The van der Waals surface area contributed by atoms with Crippen LogP contribution in [0.2, 0.25) is 19.6 Å². The molecule has 245 valence electrons. The molecule has 0 atom stereocenters. The number of halogens is 1. The molecule has 4 aromatic carbocycles. The Labute approximate surface area is 312 Å². The molecule has 0 aliphatic rings. The van der Waals surface area contributed by atoms with Crippen LogP contribution in [0.4, 0.5) is 4.39 Å². The summed E-state index contributed by atoms with van der Waals surface area (Å²) in [5.74, 6) is -1.06. The Morgan fingerprint density at radius 1 is 0.854 bits per heavy atom. The number of pyridine rings is 2. The van der Waals surface area contributed by atoms with Gasteiger partial charge in [-0.2, -0.15) is 11.3 Å². The molecule has 0 aliphatic carbocycles. The smallest absolute Gasteiger partial charge is 0.0799 e. The molecule has 0 spiro atoms. The summed E-state index contributed by atoms with van der Waals surface area (Å²) >= 11 is 1.46. The Balaban J connectivity index is 0.000000213. The quantitative estimate of drug-likeness (QED) is 0.127. The average molecular weight is 850 g/mol. The van der Waals surface area contributed by atoms with Gasteiger partial charge in [0.25, 0.3) is 0 Å². The average Bonchev–Trinajstić information content (AvgIpc) is 3.51. The Kier molecular flexibility index (Phi) is 8.32. The van der Waals surface area contributed by atoms with Crippen LogP contribution in [0.1, 0.15) is 46.0 Å². The molecule has 3 heterocycles. The van der Waals surface area contributed by atoms with Crippen LogP contribution < -0.4 is 5.19 Å². The molecular weight excluding hydrogens is 804 g/mol. The maximum absolute atomic E-state index is 14.7. The van der Waals surface area contributed by atoms with Gasteiger partial charge in [0.15, 0.2) is 0 Å². The maximum Gasteiger partial charge on any atom is 0.0799 e. The van der Waals surface area contributed by atoms with Crippen molar-refractivity contribution in [3.63, 3.8) is 0 Å². The second kappa shape index (κ2) is 14.8. The second-order valence-corrected chi connectivity index (χ2v) is 18.7. The molecule has 0 fully saturated rings. The zero-order chi connectivity index (χ0) is 39.2. The first-order chi connectivity index (χ1) is 25.2. The normalized spacial score (nSPS) is 14.2. The van der Waals surface area contributed by atoms with E-state index in [-0.39, 0.29) is 37.0 Å². The summed E-state index contributed by atoms with van der Waals surface area (Å²) in [6.45, 7) is 6.07. The van der Waals surface area contributed by atoms with Gasteiger partial charge in [-0.05, 0) is 62.0 Å². The van der Waals surface area contributed by atoms with Crippen LogP contribution in [0.15, 0.2) is 103 Å². The maximum atomic E-state index is 14.7. The second-order valence-electron chi connectivity index (χ2n) is 12.7. The standard InChI is InChI=1S/C24H15FNS.C18H24NSi.Ir/c1-15-13-21(26-14-19(15)16-7-3-2-4-8-16)17-11-12-20(25)23-18-9-5-6-10-22(18)27-24(17)23;1-13(2)16-11-17(15-9-7-14(3)8-10-15)19-12-18(16)20(4,5)6;/h2-10,12-14H,1H3;7-9,11-13H,1-6H3;/q2*-1;/i1D3;3D3,13D;. The third kappa shape index (κ3) is 7.43. The summed E-state index contributed by atoms with van der Waals surface area (Å²) in [5, 5.41) is 2.54. The zero-order valence-electron chi connectivity index (χ0n) is 34.3.